The van der Waals surface area contributed by atoms with Crippen LogP contribution in [0.5, 0.6) is 0 Å². The molecule has 10 nitrogen and oxygen atoms in total. The lowest BCUT2D eigenvalue weighted by molar-refractivity contribution is -0.156. The van der Waals surface area contributed by atoms with Crippen molar-refractivity contribution in [1.82, 2.24) is 25.3 Å². The molecule has 3 aliphatic rings. The smallest absolute Gasteiger partial charge is 0.254 e. The molecule has 0 aromatic rings. The van der Waals surface area contributed by atoms with Crippen LogP contribution in [0.15, 0.2) is 0 Å². The van der Waals surface area contributed by atoms with Crippen LogP contribution in [0.2, 0.25) is 0 Å². The van der Waals surface area contributed by atoms with Gasteiger partial charge in [-0.25, -0.2) is 0 Å². The van der Waals surface area contributed by atoms with Crippen LogP contribution in [0.4, 0.5) is 0 Å². The van der Waals surface area contributed by atoms with Gasteiger partial charge in [0.05, 0.1) is 19.7 Å². The van der Waals surface area contributed by atoms with E-state index in [1.807, 2.05) is 20.8 Å². The fourth-order valence-electron chi connectivity index (χ4n) is 5.21. The first kappa shape index (κ1) is 27.4. The summed E-state index contributed by atoms with van der Waals surface area (Å²) >= 11 is 0. The number of carbonyl (C=O) groups is 4. The molecule has 4 amide bonds. The highest BCUT2D eigenvalue weighted by atomic mass is 16.5. The van der Waals surface area contributed by atoms with E-state index in [1.54, 1.807) is 4.90 Å². The summed E-state index contributed by atoms with van der Waals surface area (Å²) in [6.45, 7) is 9.67. The van der Waals surface area contributed by atoms with Crippen molar-refractivity contribution in [2.45, 2.75) is 52.6 Å². The Bertz CT molecular complexity index is 783. The van der Waals surface area contributed by atoms with E-state index in [0.29, 0.717) is 38.5 Å². The van der Waals surface area contributed by atoms with E-state index in [4.69, 9.17) is 4.74 Å². The van der Waals surface area contributed by atoms with Crippen LogP contribution >= 0.6 is 0 Å². The summed E-state index contributed by atoms with van der Waals surface area (Å²) in [4.78, 5) is 56.9. The maximum Gasteiger partial charge on any atom is 0.254 e. The van der Waals surface area contributed by atoms with Crippen LogP contribution in [0, 0.1) is 17.3 Å². The van der Waals surface area contributed by atoms with Crippen LogP contribution in [0.25, 0.3) is 0 Å². The van der Waals surface area contributed by atoms with Gasteiger partial charge in [0.1, 0.15) is 0 Å². The molecule has 0 aromatic carbocycles. The summed E-state index contributed by atoms with van der Waals surface area (Å²) in [5, 5.41) is 5.81. The van der Waals surface area contributed by atoms with E-state index in [9.17, 15) is 19.2 Å². The number of amides is 4. The maximum atomic E-state index is 13.3. The number of hydrogen-bond acceptors (Lipinski definition) is 6. The van der Waals surface area contributed by atoms with Crippen LogP contribution in [0.1, 0.15) is 46.5 Å². The summed E-state index contributed by atoms with van der Waals surface area (Å²) in [6.07, 6.45) is 1.80. The third-order valence-corrected chi connectivity index (χ3v) is 7.10. The molecule has 3 atom stereocenters. The van der Waals surface area contributed by atoms with Crippen LogP contribution in [-0.4, -0.2) is 110 Å². The number of hydrogen-bond donors (Lipinski definition) is 2. The van der Waals surface area contributed by atoms with Crippen molar-refractivity contribution in [3.8, 4) is 0 Å². The SMILES string of the molecule is CN1CC[C@H]2CC(=O)N3CCO[C@@H](C3)C(=O)N(CCNC(=O)CC(C)(C)C)CC(=O)NCC[C@H]2C1. The van der Waals surface area contributed by atoms with Crippen molar-refractivity contribution in [1.29, 1.82) is 0 Å². The molecular formula is C25H43N5O5. The van der Waals surface area contributed by atoms with Gasteiger partial charge < -0.3 is 30.1 Å². The highest BCUT2D eigenvalue weighted by Crippen LogP contribution is 2.29. The van der Waals surface area contributed by atoms with Crippen LogP contribution in [0.3, 0.4) is 0 Å². The highest BCUT2D eigenvalue weighted by Gasteiger charge is 2.36. The summed E-state index contributed by atoms with van der Waals surface area (Å²) in [5.41, 5.74) is -0.136. The average molecular weight is 494 g/mol. The lowest BCUT2D eigenvalue weighted by Crippen LogP contribution is -2.55. The quantitative estimate of drug-likeness (QED) is 0.574. The number of likely N-dealkylation sites (tertiary alicyclic amines) is 1. The molecule has 3 rings (SSSR count). The molecule has 3 fully saturated rings. The highest BCUT2D eigenvalue weighted by molar-refractivity contribution is 5.88. The fraction of sp³-hybridized carbons (Fsp3) is 0.840. The lowest BCUT2D eigenvalue weighted by atomic mass is 9.81. The molecule has 10 heteroatoms. The number of morpholine rings is 1. The second-order valence-electron chi connectivity index (χ2n) is 11.5. The molecule has 0 aromatic heterocycles. The molecule has 0 unspecified atom stereocenters. The van der Waals surface area contributed by atoms with E-state index < -0.39 is 6.10 Å². The van der Waals surface area contributed by atoms with E-state index in [-0.39, 0.29) is 61.1 Å². The summed E-state index contributed by atoms with van der Waals surface area (Å²) < 4.78 is 5.74. The topological polar surface area (TPSA) is 111 Å². The van der Waals surface area contributed by atoms with E-state index in [0.717, 1.165) is 25.9 Å². The van der Waals surface area contributed by atoms with Gasteiger partial charge in [0.2, 0.25) is 17.7 Å². The minimum Gasteiger partial charge on any atom is -0.365 e. The molecule has 3 saturated heterocycles. The van der Waals surface area contributed by atoms with Crippen LogP contribution in [-0.2, 0) is 23.9 Å². The molecule has 2 bridgehead atoms. The number of nitrogens with zero attached hydrogens (tertiary/aromatic N) is 3. The molecule has 198 valence electrons. The first-order valence-electron chi connectivity index (χ1n) is 12.9. The minimum absolute atomic E-state index is 0.0766. The molecule has 0 radical (unpaired) electrons. The molecule has 0 saturated carbocycles. The predicted octanol–water partition coefficient (Wildman–Crippen LogP) is 0.0727. The third-order valence-electron chi connectivity index (χ3n) is 7.10. The van der Waals surface area contributed by atoms with Gasteiger partial charge >= 0.3 is 0 Å². The Morgan fingerprint density at radius 1 is 1.11 bits per heavy atom. The first-order valence-corrected chi connectivity index (χ1v) is 12.9. The van der Waals surface area contributed by atoms with Crippen molar-refractivity contribution >= 4 is 23.6 Å². The summed E-state index contributed by atoms with van der Waals surface area (Å²) in [7, 11) is 2.10. The second-order valence-corrected chi connectivity index (χ2v) is 11.5. The number of carbonyl (C=O) groups excluding carboxylic acids is 4. The van der Waals surface area contributed by atoms with Crippen molar-refractivity contribution < 1.29 is 23.9 Å². The zero-order chi connectivity index (χ0) is 25.6. The molecule has 2 N–H and O–H groups in total. The largest absolute Gasteiger partial charge is 0.365 e. The Hall–Kier alpha value is -2.20. The van der Waals surface area contributed by atoms with Gasteiger partial charge in [-0.05, 0) is 43.7 Å². The van der Waals surface area contributed by atoms with Crippen molar-refractivity contribution in [2.24, 2.45) is 17.3 Å². The predicted molar refractivity (Wildman–Crippen MR) is 131 cm³/mol. The van der Waals surface area contributed by atoms with Gasteiger partial charge in [0, 0.05) is 45.6 Å². The van der Waals surface area contributed by atoms with Crippen molar-refractivity contribution in [3.05, 3.63) is 0 Å². The monoisotopic (exact) mass is 493 g/mol. The Morgan fingerprint density at radius 2 is 1.89 bits per heavy atom. The maximum absolute atomic E-state index is 13.3. The number of nitrogens with one attached hydrogen (secondary N) is 2. The lowest BCUT2D eigenvalue weighted by Gasteiger charge is -2.39. The zero-order valence-electron chi connectivity index (χ0n) is 21.8. The standard InChI is InChI=1S/C25H43N5O5/c1-25(2,3)14-21(31)27-8-10-30-17-22(32)26-7-5-19-15-28(4)9-6-18(19)13-23(33)29-11-12-35-20(16-29)24(30)34/h18-20H,5-17H2,1-4H3,(H,26,32)(H,27,31)/t18-,19-,20-/m0/s1. The fourth-order valence-corrected chi connectivity index (χ4v) is 5.21. The molecule has 3 heterocycles. The van der Waals surface area contributed by atoms with Crippen molar-refractivity contribution in [2.75, 3.05) is 66.0 Å². The Morgan fingerprint density at radius 3 is 2.63 bits per heavy atom. The Labute approximate surface area is 209 Å². The molecule has 0 aliphatic carbocycles. The number of ether oxygens (including phenoxy) is 1. The first-order chi connectivity index (χ1) is 16.5. The molecular weight excluding hydrogens is 450 g/mol. The minimum atomic E-state index is -0.804. The van der Waals surface area contributed by atoms with Gasteiger partial charge in [0.25, 0.3) is 5.91 Å². The van der Waals surface area contributed by atoms with E-state index >= 15 is 0 Å². The van der Waals surface area contributed by atoms with Gasteiger partial charge in [-0.3, -0.25) is 19.2 Å². The third kappa shape index (κ3) is 8.45. The Kier molecular flexibility index (Phi) is 9.52. The zero-order valence-corrected chi connectivity index (χ0v) is 21.8. The summed E-state index contributed by atoms with van der Waals surface area (Å²) in [6, 6.07) is 0. The van der Waals surface area contributed by atoms with E-state index in [2.05, 4.69) is 22.6 Å². The number of piperidine rings is 1. The van der Waals surface area contributed by atoms with Gasteiger partial charge in [0.15, 0.2) is 6.10 Å². The number of fused-ring (bicyclic) bond motifs is 3. The van der Waals surface area contributed by atoms with Gasteiger partial charge in [-0.15, -0.1) is 0 Å². The number of rotatable bonds is 4. The average Bonchev–Trinajstić information content (AvgIpc) is 2.78. The second kappa shape index (κ2) is 12.2. The van der Waals surface area contributed by atoms with Gasteiger partial charge in [-0.2, -0.15) is 0 Å². The summed E-state index contributed by atoms with van der Waals surface area (Å²) in [5.74, 6) is 0.0667. The normalized spacial score (nSPS) is 27.7. The van der Waals surface area contributed by atoms with E-state index in [1.165, 1.54) is 4.90 Å². The Balaban J connectivity index is 1.69. The molecule has 3 aliphatic heterocycles. The molecule has 0 spiro atoms. The van der Waals surface area contributed by atoms with Crippen LogP contribution < -0.4 is 10.6 Å². The van der Waals surface area contributed by atoms with Gasteiger partial charge in [-0.1, -0.05) is 20.8 Å². The van der Waals surface area contributed by atoms with Crippen molar-refractivity contribution in [3.63, 3.8) is 0 Å². The molecule has 35 heavy (non-hydrogen) atoms.